The van der Waals surface area contributed by atoms with Gasteiger partial charge in [0, 0.05) is 10.9 Å². The van der Waals surface area contributed by atoms with Crippen molar-refractivity contribution in [1.82, 2.24) is 4.98 Å². The molecule has 0 atom stereocenters. The van der Waals surface area contributed by atoms with Crippen LogP contribution in [0, 0.1) is 0 Å². The van der Waals surface area contributed by atoms with E-state index in [-0.39, 0.29) is 0 Å². The van der Waals surface area contributed by atoms with E-state index in [0.29, 0.717) is 0 Å². The summed E-state index contributed by atoms with van der Waals surface area (Å²) in [4.78, 5) is 4.62. The average Bonchev–Trinajstić information content (AvgIpc) is 2.50. The van der Waals surface area contributed by atoms with Crippen LogP contribution in [0.2, 0.25) is 5.02 Å². The normalized spacial score (nSPS) is 9.84. The largest absolute Gasteiger partial charge is 0.248 e. The number of fused-ring (bicyclic) bond motifs is 1. The molecular weight excluding hydrogens is 254 g/mol. The monoisotopic (exact) mass is 269 g/mol. The fourth-order valence-electron chi connectivity index (χ4n) is 1.89. The van der Waals surface area contributed by atoms with Crippen molar-refractivity contribution in [3.8, 4) is 11.3 Å². The van der Waals surface area contributed by atoms with Crippen LogP contribution in [-0.2, 0) is 0 Å². The van der Waals surface area contributed by atoms with Crippen LogP contribution >= 0.6 is 11.6 Å². The third kappa shape index (κ3) is 2.94. The third-order valence-corrected chi connectivity index (χ3v) is 3.05. The standard InChI is InChI=1S/C15H10ClN.C2H6/c16-13-10-15(11-6-2-1-3-7-11)17-14-9-5-4-8-12(13)14;1-2/h1-10H;1-2H3. The van der Waals surface area contributed by atoms with Crippen molar-refractivity contribution in [3.05, 3.63) is 65.7 Å². The number of pyridine rings is 1. The van der Waals surface area contributed by atoms with Gasteiger partial charge in [-0.25, -0.2) is 4.98 Å². The molecule has 0 bridgehead atoms. The van der Waals surface area contributed by atoms with E-state index >= 15 is 0 Å². The lowest BCUT2D eigenvalue weighted by Gasteiger charge is -2.05. The third-order valence-electron chi connectivity index (χ3n) is 2.74. The summed E-state index contributed by atoms with van der Waals surface area (Å²) in [6.07, 6.45) is 0. The first kappa shape index (κ1) is 13.6. The Balaban J connectivity index is 0.000000637. The fourth-order valence-corrected chi connectivity index (χ4v) is 2.15. The number of aromatic nitrogens is 1. The van der Waals surface area contributed by atoms with E-state index in [0.717, 1.165) is 27.2 Å². The molecule has 0 aliphatic rings. The topological polar surface area (TPSA) is 12.9 Å². The fraction of sp³-hybridized carbons (Fsp3) is 0.118. The number of benzene rings is 2. The van der Waals surface area contributed by atoms with Gasteiger partial charge in [-0.2, -0.15) is 0 Å². The summed E-state index contributed by atoms with van der Waals surface area (Å²) in [6.45, 7) is 4.00. The Morgan fingerprint density at radius 1 is 0.842 bits per heavy atom. The van der Waals surface area contributed by atoms with E-state index in [4.69, 9.17) is 11.6 Å². The lowest BCUT2D eigenvalue weighted by Crippen LogP contribution is -1.86. The van der Waals surface area contributed by atoms with Crippen molar-refractivity contribution in [3.63, 3.8) is 0 Å². The number of hydrogen-bond donors (Lipinski definition) is 0. The van der Waals surface area contributed by atoms with Gasteiger partial charge in [-0.1, -0.05) is 74.0 Å². The zero-order valence-corrected chi connectivity index (χ0v) is 11.9. The zero-order valence-electron chi connectivity index (χ0n) is 11.1. The summed E-state index contributed by atoms with van der Waals surface area (Å²) in [5, 5.41) is 1.74. The van der Waals surface area contributed by atoms with Crippen molar-refractivity contribution >= 4 is 22.5 Å². The molecule has 0 aliphatic heterocycles. The lowest BCUT2D eigenvalue weighted by molar-refractivity contribution is 1.40. The Kier molecular flexibility index (Phi) is 4.53. The van der Waals surface area contributed by atoms with E-state index in [2.05, 4.69) is 4.98 Å². The van der Waals surface area contributed by atoms with E-state index < -0.39 is 0 Å². The maximum absolute atomic E-state index is 6.27. The van der Waals surface area contributed by atoms with Crippen LogP contribution in [0.3, 0.4) is 0 Å². The first-order chi connectivity index (χ1) is 9.34. The minimum atomic E-state index is 0.745. The lowest BCUT2D eigenvalue weighted by atomic mass is 10.1. The van der Waals surface area contributed by atoms with Gasteiger partial charge < -0.3 is 0 Å². The highest BCUT2D eigenvalue weighted by atomic mass is 35.5. The van der Waals surface area contributed by atoms with Crippen molar-refractivity contribution < 1.29 is 0 Å². The molecule has 96 valence electrons. The van der Waals surface area contributed by atoms with Gasteiger partial charge >= 0.3 is 0 Å². The van der Waals surface area contributed by atoms with Gasteiger partial charge in [0.1, 0.15) is 0 Å². The molecule has 0 N–H and O–H groups in total. The molecule has 0 radical (unpaired) electrons. The quantitative estimate of drug-likeness (QED) is 0.562. The van der Waals surface area contributed by atoms with E-state index in [1.165, 1.54) is 0 Å². The maximum atomic E-state index is 6.27. The van der Waals surface area contributed by atoms with E-state index in [1.807, 2.05) is 74.5 Å². The highest BCUT2D eigenvalue weighted by Crippen LogP contribution is 2.27. The second-order valence-corrected chi connectivity index (χ2v) is 4.28. The van der Waals surface area contributed by atoms with Gasteiger partial charge in [0.25, 0.3) is 0 Å². The molecule has 3 aromatic rings. The summed E-state index contributed by atoms with van der Waals surface area (Å²) in [5.74, 6) is 0. The minimum absolute atomic E-state index is 0.745. The molecule has 0 aliphatic carbocycles. The predicted octanol–water partition coefficient (Wildman–Crippen LogP) is 5.58. The van der Waals surface area contributed by atoms with Gasteiger partial charge in [0.15, 0.2) is 0 Å². The summed E-state index contributed by atoms with van der Waals surface area (Å²) in [7, 11) is 0. The van der Waals surface area contributed by atoms with Crippen LogP contribution in [0.15, 0.2) is 60.7 Å². The molecule has 1 nitrogen and oxygen atoms in total. The predicted molar refractivity (Wildman–Crippen MR) is 83.5 cm³/mol. The van der Waals surface area contributed by atoms with Crippen LogP contribution in [-0.4, -0.2) is 4.98 Å². The highest BCUT2D eigenvalue weighted by Gasteiger charge is 2.04. The van der Waals surface area contributed by atoms with Crippen LogP contribution in [0.1, 0.15) is 13.8 Å². The molecule has 19 heavy (non-hydrogen) atoms. The Morgan fingerprint density at radius 3 is 2.21 bits per heavy atom. The first-order valence-electron chi connectivity index (χ1n) is 6.45. The minimum Gasteiger partial charge on any atom is -0.248 e. The Labute approximate surface area is 118 Å². The molecule has 0 saturated heterocycles. The summed E-state index contributed by atoms with van der Waals surface area (Å²) < 4.78 is 0. The maximum Gasteiger partial charge on any atom is 0.0724 e. The summed E-state index contributed by atoms with van der Waals surface area (Å²) in [5.41, 5.74) is 2.92. The summed E-state index contributed by atoms with van der Waals surface area (Å²) in [6, 6.07) is 19.9. The van der Waals surface area contributed by atoms with Gasteiger partial charge in [-0.15, -0.1) is 0 Å². The molecular formula is C17H16ClN. The van der Waals surface area contributed by atoms with Crippen LogP contribution in [0.25, 0.3) is 22.2 Å². The van der Waals surface area contributed by atoms with Crippen molar-refractivity contribution in [2.24, 2.45) is 0 Å². The van der Waals surface area contributed by atoms with E-state index in [9.17, 15) is 0 Å². The average molecular weight is 270 g/mol. The smallest absolute Gasteiger partial charge is 0.0724 e. The molecule has 2 aromatic carbocycles. The second-order valence-electron chi connectivity index (χ2n) is 3.87. The molecule has 0 spiro atoms. The highest BCUT2D eigenvalue weighted by molar-refractivity contribution is 6.35. The van der Waals surface area contributed by atoms with Crippen LogP contribution in [0.4, 0.5) is 0 Å². The second kappa shape index (κ2) is 6.35. The Morgan fingerprint density at radius 2 is 1.47 bits per heavy atom. The van der Waals surface area contributed by atoms with Crippen molar-refractivity contribution in [2.45, 2.75) is 13.8 Å². The number of halogens is 1. The van der Waals surface area contributed by atoms with Crippen LogP contribution in [0.5, 0.6) is 0 Å². The molecule has 1 heterocycles. The van der Waals surface area contributed by atoms with Crippen molar-refractivity contribution in [2.75, 3.05) is 0 Å². The van der Waals surface area contributed by atoms with E-state index in [1.54, 1.807) is 0 Å². The molecule has 0 saturated carbocycles. The zero-order chi connectivity index (χ0) is 13.7. The molecule has 2 heteroatoms. The molecule has 3 rings (SSSR count). The van der Waals surface area contributed by atoms with Crippen LogP contribution < -0.4 is 0 Å². The molecule has 0 unspecified atom stereocenters. The Hall–Kier alpha value is -1.86. The number of nitrogens with zero attached hydrogens (tertiary/aromatic N) is 1. The number of para-hydroxylation sites is 1. The first-order valence-corrected chi connectivity index (χ1v) is 6.83. The number of hydrogen-bond acceptors (Lipinski definition) is 1. The SMILES string of the molecule is CC.Clc1cc(-c2ccccc2)nc2ccccc12. The van der Waals surface area contributed by atoms with Gasteiger partial charge in [-0.05, 0) is 12.1 Å². The molecule has 1 aromatic heterocycles. The Bertz CT molecular complexity index is 662. The molecule has 0 fully saturated rings. The molecule has 0 amide bonds. The number of rotatable bonds is 1. The van der Waals surface area contributed by atoms with Gasteiger partial charge in [0.2, 0.25) is 0 Å². The summed E-state index contributed by atoms with van der Waals surface area (Å²) >= 11 is 6.27. The van der Waals surface area contributed by atoms with Crippen molar-refractivity contribution in [1.29, 1.82) is 0 Å². The van der Waals surface area contributed by atoms with Gasteiger partial charge in [0.05, 0.1) is 16.2 Å². The van der Waals surface area contributed by atoms with Gasteiger partial charge in [-0.3, -0.25) is 0 Å².